The highest BCUT2D eigenvalue weighted by atomic mass is 35.5. The van der Waals surface area contributed by atoms with E-state index in [0.717, 1.165) is 36.5 Å². The smallest absolute Gasteiger partial charge is 0.0493 e. The fourth-order valence-corrected chi connectivity index (χ4v) is 4.33. The van der Waals surface area contributed by atoms with Crippen LogP contribution in [0.4, 0.5) is 0 Å². The maximum absolute atomic E-state index is 6.45. The fraction of sp³-hybridized carbons (Fsp3) is 0.259. The summed E-state index contributed by atoms with van der Waals surface area (Å²) in [6, 6.07) is 28.0. The highest BCUT2D eigenvalue weighted by molar-refractivity contribution is 6.31. The molecule has 2 nitrogen and oxygen atoms in total. The number of aryl methyl sites for hydroxylation is 1. The Morgan fingerprint density at radius 1 is 0.903 bits per heavy atom. The Bertz CT molecular complexity index is 1120. The second-order valence-corrected chi connectivity index (χ2v) is 8.47. The number of nitrogens with zero attached hydrogens (tertiary/aromatic N) is 1. The molecule has 0 fully saturated rings. The minimum atomic E-state index is 0. The zero-order chi connectivity index (χ0) is 20.9. The molecule has 0 saturated carbocycles. The summed E-state index contributed by atoms with van der Waals surface area (Å²) in [4.78, 5) is 0. The van der Waals surface area contributed by atoms with Gasteiger partial charge in [-0.25, -0.2) is 0 Å². The lowest BCUT2D eigenvalue weighted by Crippen LogP contribution is -2.26. The Morgan fingerprint density at radius 2 is 1.58 bits per heavy atom. The first kappa shape index (κ1) is 23.4. The van der Waals surface area contributed by atoms with Gasteiger partial charge in [0.05, 0.1) is 0 Å². The molecule has 1 aromatic heterocycles. The Labute approximate surface area is 196 Å². The van der Waals surface area contributed by atoms with Crippen molar-refractivity contribution in [3.05, 3.63) is 106 Å². The zero-order valence-corrected chi connectivity index (χ0v) is 19.7. The lowest BCUT2D eigenvalue weighted by Gasteiger charge is -2.15. The number of nitrogens with one attached hydrogen (secondary N) is 1. The number of benzene rings is 3. The Morgan fingerprint density at radius 3 is 2.35 bits per heavy atom. The van der Waals surface area contributed by atoms with E-state index in [4.69, 9.17) is 11.6 Å². The van der Waals surface area contributed by atoms with Crippen LogP contribution in [0.25, 0.3) is 10.9 Å². The maximum Gasteiger partial charge on any atom is 0.0493 e. The summed E-state index contributed by atoms with van der Waals surface area (Å²) in [6.45, 7) is 6.16. The molecule has 0 saturated heterocycles. The molecule has 0 aliphatic heterocycles. The number of hydrogen-bond acceptors (Lipinski definition) is 1. The van der Waals surface area contributed by atoms with Crippen molar-refractivity contribution in [3.63, 3.8) is 0 Å². The molecule has 162 valence electrons. The molecule has 0 bridgehead atoms. The van der Waals surface area contributed by atoms with Gasteiger partial charge in [0.15, 0.2) is 0 Å². The monoisotopic (exact) mass is 452 g/mol. The average molecular weight is 453 g/mol. The summed E-state index contributed by atoms with van der Waals surface area (Å²) in [6.07, 6.45) is 2.23. The van der Waals surface area contributed by atoms with Crippen molar-refractivity contribution in [1.29, 1.82) is 0 Å². The molecule has 1 N–H and O–H groups in total. The van der Waals surface area contributed by atoms with E-state index in [9.17, 15) is 0 Å². The number of fused-ring (bicyclic) bond motifs is 1. The summed E-state index contributed by atoms with van der Waals surface area (Å²) in [5.74, 6) is 0. The predicted octanol–water partition coefficient (Wildman–Crippen LogP) is 7.18. The molecule has 31 heavy (non-hydrogen) atoms. The van der Waals surface area contributed by atoms with Gasteiger partial charge in [0.25, 0.3) is 0 Å². The third kappa shape index (κ3) is 5.51. The van der Waals surface area contributed by atoms with Gasteiger partial charge >= 0.3 is 0 Å². The second-order valence-electron chi connectivity index (χ2n) is 8.06. The lowest BCUT2D eigenvalue weighted by atomic mass is 10.1. The van der Waals surface area contributed by atoms with E-state index < -0.39 is 0 Å². The van der Waals surface area contributed by atoms with Gasteiger partial charge in [-0.05, 0) is 55.5 Å². The normalized spacial score (nSPS) is 12.0. The first-order valence-electron chi connectivity index (χ1n) is 10.7. The van der Waals surface area contributed by atoms with Crippen LogP contribution >= 0.6 is 24.0 Å². The molecule has 1 unspecified atom stereocenters. The van der Waals surface area contributed by atoms with Crippen LogP contribution in [0.2, 0.25) is 5.02 Å². The highest BCUT2D eigenvalue weighted by Crippen LogP contribution is 2.28. The number of hydrogen-bond donors (Lipinski definition) is 1. The summed E-state index contributed by atoms with van der Waals surface area (Å²) < 4.78 is 2.39. The molecular weight excluding hydrogens is 423 g/mol. The van der Waals surface area contributed by atoms with Crippen LogP contribution in [-0.2, 0) is 19.5 Å². The van der Waals surface area contributed by atoms with Crippen LogP contribution in [0.5, 0.6) is 0 Å². The van der Waals surface area contributed by atoms with E-state index in [0.29, 0.717) is 6.04 Å². The van der Waals surface area contributed by atoms with Gasteiger partial charge in [0.1, 0.15) is 0 Å². The lowest BCUT2D eigenvalue weighted by molar-refractivity contribution is 0.513. The second kappa shape index (κ2) is 10.9. The van der Waals surface area contributed by atoms with E-state index in [-0.39, 0.29) is 12.4 Å². The van der Waals surface area contributed by atoms with Crippen molar-refractivity contribution >= 4 is 34.9 Å². The third-order valence-electron chi connectivity index (χ3n) is 5.98. The summed E-state index contributed by atoms with van der Waals surface area (Å²) in [5.41, 5.74) is 6.50. The summed E-state index contributed by atoms with van der Waals surface area (Å²) >= 11 is 6.45. The van der Waals surface area contributed by atoms with Gasteiger partial charge in [-0.3, -0.25) is 0 Å². The largest absolute Gasteiger partial charge is 0.340 e. The highest BCUT2D eigenvalue weighted by Gasteiger charge is 2.15. The Balaban J connectivity index is 0.00000272. The molecular formula is C27H30Cl2N2. The van der Waals surface area contributed by atoms with Crippen molar-refractivity contribution in [2.45, 2.75) is 45.8 Å². The van der Waals surface area contributed by atoms with Crippen molar-refractivity contribution in [2.24, 2.45) is 0 Å². The van der Waals surface area contributed by atoms with Gasteiger partial charge in [-0.2, -0.15) is 0 Å². The topological polar surface area (TPSA) is 17.0 Å². The first-order chi connectivity index (χ1) is 14.6. The van der Waals surface area contributed by atoms with E-state index in [2.05, 4.69) is 90.5 Å². The minimum absolute atomic E-state index is 0. The van der Waals surface area contributed by atoms with Gasteiger partial charge < -0.3 is 9.88 Å². The molecule has 0 amide bonds. The van der Waals surface area contributed by atoms with Crippen molar-refractivity contribution in [2.75, 3.05) is 0 Å². The minimum Gasteiger partial charge on any atom is -0.340 e. The quantitative estimate of drug-likeness (QED) is 0.299. The molecule has 4 aromatic rings. The summed E-state index contributed by atoms with van der Waals surface area (Å²) in [5, 5.41) is 5.90. The van der Waals surface area contributed by atoms with Crippen LogP contribution in [0.1, 0.15) is 35.7 Å². The fourth-order valence-electron chi connectivity index (χ4n) is 4.13. The molecule has 0 aliphatic rings. The van der Waals surface area contributed by atoms with E-state index in [1.165, 1.54) is 27.7 Å². The first-order valence-corrected chi connectivity index (χ1v) is 11.1. The van der Waals surface area contributed by atoms with Gasteiger partial charge in [-0.15, -0.1) is 12.4 Å². The van der Waals surface area contributed by atoms with Crippen molar-refractivity contribution in [3.8, 4) is 0 Å². The van der Waals surface area contributed by atoms with Crippen LogP contribution in [0.3, 0.4) is 0 Å². The van der Waals surface area contributed by atoms with E-state index >= 15 is 0 Å². The number of para-hydroxylation sites is 1. The number of rotatable bonds is 8. The molecule has 4 rings (SSSR count). The van der Waals surface area contributed by atoms with Crippen LogP contribution in [0, 0.1) is 6.92 Å². The molecule has 3 aromatic carbocycles. The molecule has 1 atom stereocenters. The summed E-state index contributed by atoms with van der Waals surface area (Å²) in [7, 11) is 0. The average Bonchev–Trinajstić information content (AvgIpc) is 3.04. The number of halogens is 2. The molecule has 0 spiro atoms. The molecule has 0 aliphatic carbocycles. The van der Waals surface area contributed by atoms with Crippen LogP contribution in [0.15, 0.2) is 78.9 Å². The van der Waals surface area contributed by atoms with Gasteiger partial charge in [0, 0.05) is 40.8 Å². The van der Waals surface area contributed by atoms with Crippen LogP contribution < -0.4 is 5.32 Å². The Hall–Kier alpha value is -2.26. The molecule has 0 radical (unpaired) electrons. The van der Waals surface area contributed by atoms with Gasteiger partial charge in [0.2, 0.25) is 0 Å². The third-order valence-corrected chi connectivity index (χ3v) is 6.35. The van der Waals surface area contributed by atoms with E-state index in [1.54, 1.807) is 0 Å². The molecule has 4 heteroatoms. The van der Waals surface area contributed by atoms with Crippen LogP contribution in [-0.4, -0.2) is 10.6 Å². The Kier molecular flexibility index (Phi) is 8.20. The molecule has 1 heterocycles. The number of aromatic nitrogens is 1. The zero-order valence-electron chi connectivity index (χ0n) is 18.1. The standard InChI is InChI=1S/C27H29ClN2.ClH/c1-20(16-17-22-10-4-3-5-11-22)29-18-25-21(2)30(27-15-9-7-13-24(25)27)19-23-12-6-8-14-26(23)28;/h3-15,20,29H,16-19H2,1-2H3;1H. The van der Waals surface area contributed by atoms with E-state index in [1.807, 2.05) is 12.1 Å². The van der Waals surface area contributed by atoms with Crippen molar-refractivity contribution < 1.29 is 0 Å². The SMILES string of the molecule is Cc1c(CNC(C)CCc2ccccc2)c2ccccc2n1Cc1ccccc1Cl.Cl. The van der Waals surface area contributed by atoms with Gasteiger partial charge in [-0.1, -0.05) is 78.3 Å². The maximum atomic E-state index is 6.45. The predicted molar refractivity (Wildman–Crippen MR) is 136 cm³/mol. The van der Waals surface area contributed by atoms with Crippen molar-refractivity contribution in [1.82, 2.24) is 9.88 Å².